The van der Waals surface area contributed by atoms with E-state index in [1.807, 2.05) is 0 Å². The summed E-state index contributed by atoms with van der Waals surface area (Å²) in [5.41, 5.74) is 5.50. The van der Waals surface area contributed by atoms with E-state index in [1.54, 1.807) is 0 Å². The monoisotopic (exact) mass is 249 g/mol. The largest absolute Gasteiger partial charge is 0.380 e. The Bertz CT molecular complexity index is 372. The second-order valence-corrected chi connectivity index (χ2v) is 5.51. The SMILES string of the molecule is Cc1cc(C)c(CNCCOCC(C)C)cc1C. The van der Waals surface area contributed by atoms with Crippen molar-refractivity contribution in [2.45, 2.75) is 41.2 Å². The minimum atomic E-state index is 0.618. The van der Waals surface area contributed by atoms with E-state index in [1.165, 1.54) is 22.3 Å². The van der Waals surface area contributed by atoms with E-state index in [9.17, 15) is 0 Å². The number of hydrogen-bond donors (Lipinski definition) is 1. The molecule has 1 N–H and O–H groups in total. The van der Waals surface area contributed by atoms with Gasteiger partial charge in [0.05, 0.1) is 6.61 Å². The fourth-order valence-corrected chi connectivity index (χ4v) is 1.90. The average molecular weight is 249 g/mol. The first-order valence-electron chi connectivity index (χ1n) is 6.86. The van der Waals surface area contributed by atoms with Crippen LogP contribution < -0.4 is 5.32 Å². The van der Waals surface area contributed by atoms with E-state index in [0.29, 0.717) is 5.92 Å². The molecule has 0 amide bonds. The molecule has 18 heavy (non-hydrogen) atoms. The molecular weight excluding hydrogens is 222 g/mol. The summed E-state index contributed by atoms with van der Waals surface area (Å²) in [6, 6.07) is 4.55. The highest BCUT2D eigenvalue weighted by Gasteiger charge is 2.01. The van der Waals surface area contributed by atoms with Gasteiger partial charge in [0.1, 0.15) is 0 Å². The van der Waals surface area contributed by atoms with Gasteiger partial charge >= 0.3 is 0 Å². The summed E-state index contributed by atoms with van der Waals surface area (Å²) in [4.78, 5) is 0. The van der Waals surface area contributed by atoms with Gasteiger partial charge in [0.25, 0.3) is 0 Å². The fraction of sp³-hybridized carbons (Fsp3) is 0.625. The van der Waals surface area contributed by atoms with Gasteiger partial charge < -0.3 is 10.1 Å². The Morgan fingerprint density at radius 1 is 1.06 bits per heavy atom. The minimum absolute atomic E-state index is 0.618. The molecule has 0 heterocycles. The molecule has 0 saturated heterocycles. The Kier molecular flexibility index (Phi) is 6.37. The predicted molar refractivity (Wildman–Crippen MR) is 78.0 cm³/mol. The second kappa shape index (κ2) is 7.55. The van der Waals surface area contributed by atoms with Gasteiger partial charge in [-0.05, 0) is 48.9 Å². The third-order valence-electron chi connectivity index (χ3n) is 3.14. The van der Waals surface area contributed by atoms with Crippen LogP contribution in [0.25, 0.3) is 0 Å². The van der Waals surface area contributed by atoms with Crippen molar-refractivity contribution in [1.82, 2.24) is 5.32 Å². The van der Waals surface area contributed by atoms with Gasteiger partial charge in [0.2, 0.25) is 0 Å². The van der Waals surface area contributed by atoms with Gasteiger partial charge in [0.15, 0.2) is 0 Å². The summed E-state index contributed by atoms with van der Waals surface area (Å²) in [7, 11) is 0. The van der Waals surface area contributed by atoms with Crippen LogP contribution in [0.1, 0.15) is 36.1 Å². The Balaban J connectivity index is 2.29. The van der Waals surface area contributed by atoms with Gasteiger partial charge in [-0.1, -0.05) is 26.0 Å². The lowest BCUT2D eigenvalue weighted by atomic mass is 10.0. The molecule has 1 aromatic rings. The summed E-state index contributed by atoms with van der Waals surface area (Å²) in [5, 5.41) is 3.44. The molecule has 0 atom stereocenters. The second-order valence-electron chi connectivity index (χ2n) is 5.51. The molecule has 0 aliphatic rings. The standard InChI is InChI=1S/C16H27NO/c1-12(2)11-18-7-6-17-10-16-9-14(4)13(3)8-15(16)5/h8-9,12,17H,6-7,10-11H2,1-5H3. The number of rotatable bonds is 7. The maximum absolute atomic E-state index is 5.54. The van der Waals surface area contributed by atoms with Crippen LogP contribution in [0, 0.1) is 26.7 Å². The van der Waals surface area contributed by atoms with Crippen LogP contribution in [-0.4, -0.2) is 19.8 Å². The van der Waals surface area contributed by atoms with Crippen LogP contribution in [0.15, 0.2) is 12.1 Å². The quantitative estimate of drug-likeness (QED) is 0.748. The van der Waals surface area contributed by atoms with Crippen molar-refractivity contribution >= 4 is 0 Å². The van der Waals surface area contributed by atoms with Gasteiger partial charge in [-0.25, -0.2) is 0 Å². The highest BCUT2D eigenvalue weighted by molar-refractivity contribution is 5.36. The predicted octanol–water partition coefficient (Wildman–Crippen LogP) is 3.37. The number of benzene rings is 1. The molecule has 0 spiro atoms. The molecule has 0 radical (unpaired) electrons. The van der Waals surface area contributed by atoms with Crippen LogP contribution in [0.2, 0.25) is 0 Å². The molecule has 2 nitrogen and oxygen atoms in total. The average Bonchev–Trinajstić information content (AvgIpc) is 2.29. The van der Waals surface area contributed by atoms with Crippen molar-refractivity contribution in [3.05, 3.63) is 34.4 Å². The zero-order valence-electron chi connectivity index (χ0n) is 12.5. The maximum Gasteiger partial charge on any atom is 0.0591 e. The number of nitrogens with one attached hydrogen (secondary N) is 1. The van der Waals surface area contributed by atoms with Crippen LogP contribution in [0.4, 0.5) is 0 Å². The summed E-state index contributed by atoms with van der Waals surface area (Å²) < 4.78 is 5.54. The smallest absolute Gasteiger partial charge is 0.0591 e. The van der Waals surface area contributed by atoms with Crippen molar-refractivity contribution in [1.29, 1.82) is 0 Å². The van der Waals surface area contributed by atoms with Crippen molar-refractivity contribution < 1.29 is 4.74 Å². The zero-order valence-corrected chi connectivity index (χ0v) is 12.5. The van der Waals surface area contributed by atoms with Gasteiger partial charge in [-0.3, -0.25) is 0 Å². The van der Waals surface area contributed by atoms with E-state index < -0.39 is 0 Å². The molecule has 2 heteroatoms. The lowest BCUT2D eigenvalue weighted by molar-refractivity contribution is 0.111. The first kappa shape index (κ1) is 15.2. The van der Waals surface area contributed by atoms with Crippen LogP contribution >= 0.6 is 0 Å². The Morgan fingerprint density at radius 3 is 2.39 bits per heavy atom. The summed E-state index contributed by atoms with van der Waals surface area (Å²) in [6.45, 7) is 14.4. The lowest BCUT2D eigenvalue weighted by Gasteiger charge is -2.11. The van der Waals surface area contributed by atoms with Crippen molar-refractivity contribution in [2.24, 2.45) is 5.92 Å². The van der Waals surface area contributed by atoms with E-state index >= 15 is 0 Å². The molecular formula is C16H27NO. The molecule has 0 bridgehead atoms. The third-order valence-corrected chi connectivity index (χ3v) is 3.14. The van der Waals surface area contributed by atoms with E-state index in [4.69, 9.17) is 4.74 Å². The number of hydrogen-bond acceptors (Lipinski definition) is 2. The van der Waals surface area contributed by atoms with Gasteiger partial charge in [0, 0.05) is 19.7 Å². The normalized spacial score (nSPS) is 11.2. The van der Waals surface area contributed by atoms with E-state index in [0.717, 1.165) is 26.3 Å². The Morgan fingerprint density at radius 2 is 1.72 bits per heavy atom. The first-order chi connectivity index (χ1) is 8.50. The maximum atomic E-state index is 5.54. The fourth-order valence-electron chi connectivity index (χ4n) is 1.90. The molecule has 1 rings (SSSR count). The molecule has 1 aromatic carbocycles. The Hall–Kier alpha value is -0.860. The van der Waals surface area contributed by atoms with Crippen LogP contribution in [0.3, 0.4) is 0 Å². The third kappa shape index (κ3) is 5.19. The molecule has 0 aliphatic heterocycles. The van der Waals surface area contributed by atoms with Crippen molar-refractivity contribution in [3.8, 4) is 0 Å². The molecule has 0 saturated carbocycles. The summed E-state index contributed by atoms with van der Waals surface area (Å²) in [6.07, 6.45) is 0. The molecule has 0 fully saturated rings. The molecule has 0 unspecified atom stereocenters. The van der Waals surface area contributed by atoms with E-state index in [-0.39, 0.29) is 0 Å². The lowest BCUT2D eigenvalue weighted by Crippen LogP contribution is -2.20. The zero-order chi connectivity index (χ0) is 13.5. The first-order valence-corrected chi connectivity index (χ1v) is 6.86. The van der Waals surface area contributed by atoms with Gasteiger partial charge in [-0.15, -0.1) is 0 Å². The summed E-state index contributed by atoms with van der Waals surface area (Å²) >= 11 is 0. The Labute approximate surface area is 112 Å². The highest BCUT2D eigenvalue weighted by Crippen LogP contribution is 2.14. The minimum Gasteiger partial charge on any atom is -0.380 e. The number of aryl methyl sites for hydroxylation is 3. The summed E-state index contributed by atoms with van der Waals surface area (Å²) in [5.74, 6) is 0.618. The van der Waals surface area contributed by atoms with E-state index in [2.05, 4.69) is 52.1 Å². The van der Waals surface area contributed by atoms with Crippen LogP contribution in [-0.2, 0) is 11.3 Å². The topological polar surface area (TPSA) is 21.3 Å². The molecule has 102 valence electrons. The molecule has 0 aromatic heterocycles. The number of ether oxygens (including phenoxy) is 1. The van der Waals surface area contributed by atoms with Gasteiger partial charge in [-0.2, -0.15) is 0 Å². The molecule has 0 aliphatic carbocycles. The van der Waals surface area contributed by atoms with Crippen LogP contribution in [0.5, 0.6) is 0 Å². The van der Waals surface area contributed by atoms with Crippen molar-refractivity contribution in [3.63, 3.8) is 0 Å². The van der Waals surface area contributed by atoms with Crippen molar-refractivity contribution in [2.75, 3.05) is 19.8 Å². The highest BCUT2D eigenvalue weighted by atomic mass is 16.5.